The summed E-state index contributed by atoms with van der Waals surface area (Å²) >= 11 is 0. The van der Waals surface area contributed by atoms with Crippen LogP contribution in [0.25, 0.3) is 0 Å². The summed E-state index contributed by atoms with van der Waals surface area (Å²) in [7, 11) is 0. The Hall–Kier alpha value is -1.36. The van der Waals surface area contributed by atoms with E-state index in [1.807, 2.05) is 30.8 Å². The van der Waals surface area contributed by atoms with Crippen LogP contribution in [0.1, 0.15) is 34.1 Å². The van der Waals surface area contributed by atoms with Gasteiger partial charge in [0.2, 0.25) is 5.91 Å². The smallest absolute Gasteiger partial charge is 0.237 e. The number of nitrogens with zero attached hydrogens (tertiary/aromatic N) is 2. The fourth-order valence-corrected chi connectivity index (χ4v) is 1.71. The van der Waals surface area contributed by atoms with Gasteiger partial charge in [-0.1, -0.05) is 6.92 Å². The van der Waals surface area contributed by atoms with Crippen LogP contribution in [-0.2, 0) is 11.3 Å². The predicted molar refractivity (Wildman–Crippen MR) is 72.2 cm³/mol. The largest absolute Gasteiger partial charge is 0.352 e. The minimum atomic E-state index is -0.190. The third-order valence-corrected chi connectivity index (χ3v) is 2.95. The van der Waals surface area contributed by atoms with E-state index in [9.17, 15) is 4.79 Å². The van der Waals surface area contributed by atoms with Crippen molar-refractivity contribution in [1.82, 2.24) is 20.4 Å². The maximum Gasteiger partial charge on any atom is 0.237 e. The van der Waals surface area contributed by atoms with Crippen LogP contribution in [0, 0.1) is 0 Å². The number of aromatic nitrogens is 2. The molecule has 0 aliphatic rings. The highest BCUT2D eigenvalue weighted by molar-refractivity contribution is 5.81. The average molecular weight is 252 g/mol. The molecule has 0 saturated carbocycles. The van der Waals surface area contributed by atoms with Gasteiger partial charge in [-0.05, 0) is 33.3 Å². The van der Waals surface area contributed by atoms with Crippen molar-refractivity contribution >= 4 is 5.91 Å². The van der Waals surface area contributed by atoms with Gasteiger partial charge in [-0.2, -0.15) is 5.10 Å². The summed E-state index contributed by atoms with van der Waals surface area (Å²) in [6, 6.07) is 2.13. The molecule has 2 N–H and O–H groups in total. The highest BCUT2D eigenvalue weighted by atomic mass is 16.2. The van der Waals surface area contributed by atoms with Crippen molar-refractivity contribution in [1.29, 1.82) is 0 Å². The quantitative estimate of drug-likeness (QED) is 0.765. The zero-order chi connectivity index (χ0) is 13.5. The van der Waals surface area contributed by atoms with Gasteiger partial charge in [0.25, 0.3) is 0 Å². The molecule has 0 radical (unpaired) electrons. The lowest BCUT2D eigenvalue weighted by Crippen LogP contribution is -2.48. The lowest BCUT2D eigenvalue weighted by molar-refractivity contribution is -0.123. The number of rotatable bonds is 7. The van der Waals surface area contributed by atoms with Gasteiger partial charge in [-0.3, -0.25) is 9.48 Å². The SMILES string of the molecule is CCC(C)NC(=O)C(C)NC(C)Cn1cccn1. The molecule has 0 aliphatic carbocycles. The summed E-state index contributed by atoms with van der Waals surface area (Å²) in [6.45, 7) is 8.77. The summed E-state index contributed by atoms with van der Waals surface area (Å²) in [5.74, 6) is 0.0525. The zero-order valence-electron chi connectivity index (χ0n) is 11.7. The van der Waals surface area contributed by atoms with Crippen molar-refractivity contribution < 1.29 is 4.79 Å². The highest BCUT2D eigenvalue weighted by Gasteiger charge is 2.16. The van der Waals surface area contributed by atoms with E-state index >= 15 is 0 Å². The summed E-state index contributed by atoms with van der Waals surface area (Å²) in [5.41, 5.74) is 0. The molecule has 3 atom stereocenters. The first-order chi connectivity index (χ1) is 8.52. The van der Waals surface area contributed by atoms with Gasteiger partial charge in [-0.15, -0.1) is 0 Å². The van der Waals surface area contributed by atoms with E-state index in [0.717, 1.165) is 13.0 Å². The number of carbonyl (C=O) groups excluding carboxylic acids is 1. The summed E-state index contributed by atoms with van der Waals surface area (Å²) in [6.07, 6.45) is 4.62. The Labute approximate surface area is 109 Å². The van der Waals surface area contributed by atoms with Gasteiger partial charge in [0.15, 0.2) is 0 Å². The van der Waals surface area contributed by atoms with Gasteiger partial charge in [0, 0.05) is 24.5 Å². The maximum absolute atomic E-state index is 11.9. The lowest BCUT2D eigenvalue weighted by Gasteiger charge is -2.21. The van der Waals surface area contributed by atoms with E-state index in [2.05, 4.69) is 29.6 Å². The second kappa shape index (κ2) is 7.16. The van der Waals surface area contributed by atoms with Gasteiger partial charge < -0.3 is 10.6 Å². The summed E-state index contributed by atoms with van der Waals surface area (Å²) < 4.78 is 1.86. The predicted octanol–water partition coefficient (Wildman–Crippen LogP) is 1.16. The van der Waals surface area contributed by atoms with E-state index in [0.29, 0.717) is 0 Å². The van der Waals surface area contributed by atoms with E-state index in [-0.39, 0.29) is 24.0 Å². The van der Waals surface area contributed by atoms with Crippen LogP contribution in [0.4, 0.5) is 0 Å². The molecule has 3 unspecified atom stereocenters. The molecule has 0 saturated heterocycles. The van der Waals surface area contributed by atoms with Gasteiger partial charge in [0.1, 0.15) is 0 Å². The average Bonchev–Trinajstić information content (AvgIpc) is 2.81. The van der Waals surface area contributed by atoms with E-state index in [1.165, 1.54) is 0 Å². The molecule has 1 aromatic heterocycles. The molecule has 0 spiro atoms. The van der Waals surface area contributed by atoms with Crippen LogP contribution in [0.2, 0.25) is 0 Å². The number of hydrogen-bond acceptors (Lipinski definition) is 3. The third-order valence-electron chi connectivity index (χ3n) is 2.95. The van der Waals surface area contributed by atoms with Gasteiger partial charge >= 0.3 is 0 Å². The first kappa shape index (κ1) is 14.7. The van der Waals surface area contributed by atoms with Crippen molar-refractivity contribution in [2.45, 2.75) is 58.8 Å². The zero-order valence-corrected chi connectivity index (χ0v) is 11.7. The fraction of sp³-hybridized carbons (Fsp3) is 0.692. The number of hydrogen-bond donors (Lipinski definition) is 2. The molecule has 0 fully saturated rings. The van der Waals surface area contributed by atoms with E-state index in [4.69, 9.17) is 0 Å². The Morgan fingerprint density at radius 2 is 2.06 bits per heavy atom. The Bertz CT molecular complexity index is 350. The minimum absolute atomic E-state index is 0.0525. The number of carbonyl (C=O) groups is 1. The van der Waals surface area contributed by atoms with Crippen LogP contribution in [0.15, 0.2) is 18.5 Å². The molecule has 1 amide bonds. The molecule has 18 heavy (non-hydrogen) atoms. The molecule has 1 heterocycles. The summed E-state index contributed by atoms with van der Waals surface area (Å²) in [5, 5.41) is 10.4. The molecule has 5 heteroatoms. The first-order valence-electron chi connectivity index (χ1n) is 6.56. The van der Waals surface area contributed by atoms with Crippen LogP contribution >= 0.6 is 0 Å². The lowest BCUT2D eigenvalue weighted by atomic mass is 10.2. The van der Waals surface area contributed by atoms with Crippen LogP contribution in [0.5, 0.6) is 0 Å². The molecular formula is C13H24N4O. The molecule has 1 rings (SSSR count). The van der Waals surface area contributed by atoms with Crippen LogP contribution in [0.3, 0.4) is 0 Å². The molecule has 102 valence electrons. The Kier molecular flexibility index (Phi) is 5.85. The van der Waals surface area contributed by atoms with Crippen molar-refractivity contribution in [3.63, 3.8) is 0 Å². The monoisotopic (exact) mass is 252 g/mol. The second-order valence-electron chi connectivity index (χ2n) is 4.84. The molecular weight excluding hydrogens is 228 g/mol. The fourth-order valence-electron chi connectivity index (χ4n) is 1.71. The van der Waals surface area contributed by atoms with Crippen molar-refractivity contribution in [3.8, 4) is 0 Å². The molecule has 1 aromatic rings. The second-order valence-corrected chi connectivity index (χ2v) is 4.84. The highest BCUT2D eigenvalue weighted by Crippen LogP contribution is 1.95. The topological polar surface area (TPSA) is 59.0 Å². The summed E-state index contributed by atoms with van der Waals surface area (Å²) in [4.78, 5) is 11.9. The first-order valence-corrected chi connectivity index (χ1v) is 6.56. The number of nitrogens with one attached hydrogen (secondary N) is 2. The van der Waals surface area contributed by atoms with Gasteiger partial charge in [0.05, 0.1) is 12.6 Å². The van der Waals surface area contributed by atoms with Crippen LogP contribution in [-0.4, -0.2) is 33.8 Å². The van der Waals surface area contributed by atoms with Crippen molar-refractivity contribution in [2.24, 2.45) is 0 Å². The van der Waals surface area contributed by atoms with Crippen molar-refractivity contribution in [2.75, 3.05) is 0 Å². The minimum Gasteiger partial charge on any atom is -0.352 e. The molecule has 0 aliphatic heterocycles. The van der Waals surface area contributed by atoms with E-state index < -0.39 is 0 Å². The standard InChI is InChI=1S/C13H24N4O/c1-5-10(2)16-13(18)12(4)15-11(3)9-17-8-6-7-14-17/h6-8,10-12,15H,5,9H2,1-4H3,(H,16,18). The Balaban J connectivity index is 2.34. The van der Waals surface area contributed by atoms with Crippen LogP contribution < -0.4 is 10.6 Å². The molecule has 0 aromatic carbocycles. The normalized spacial score (nSPS) is 16.0. The number of amides is 1. The molecule has 0 bridgehead atoms. The van der Waals surface area contributed by atoms with Gasteiger partial charge in [-0.25, -0.2) is 0 Å². The maximum atomic E-state index is 11.9. The van der Waals surface area contributed by atoms with Crippen molar-refractivity contribution in [3.05, 3.63) is 18.5 Å². The third kappa shape index (κ3) is 4.87. The Morgan fingerprint density at radius 3 is 2.61 bits per heavy atom. The van der Waals surface area contributed by atoms with E-state index in [1.54, 1.807) is 6.20 Å². The molecule has 5 nitrogen and oxygen atoms in total. The Morgan fingerprint density at radius 1 is 1.33 bits per heavy atom.